The lowest BCUT2D eigenvalue weighted by molar-refractivity contribution is -0.143. The molecule has 0 aliphatic carbocycles. The molecule has 0 aliphatic heterocycles. The summed E-state index contributed by atoms with van der Waals surface area (Å²) in [5.74, 6) is -0.0350. The predicted molar refractivity (Wildman–Crippen MR) is 370 cm³/mol. The standard InChI is InChI=1S/C78H147NO5/c1-3-5-7-9-11-13-15-17-19-21-22-23-24-26-29-32-35-39-42-46-50-54-58-62-66-70-76(81)75(74-80)79-77(82)71-67-63-59-55-51-47-43-40-36-33-30-27-25-28-31-34-37-41-45-49-53-57-61-65-69-73-84-78(83)72-68-64-60-56-52-48-44-38-20-18-16-14-12-10-8-6-4-2/h12,14,18,20,27-28,30-31,75-76,80-81H,3-11,13,15-17,19,21-26,29,32-74H2,1-2H3,(H,79,82)/b14-12-,20-18-,30-27-,31-28-. The number of ether oxygens (including phenoxy) is 1. The zero-order valence-corrected chi connectivity index (χ0v) is 56.6. The first kappa shape index (κ1) is 81.8. The molecule has 0 heterocycles. The average molecular weight is 1180 g/mol. The van der Waals surface area contributed by atoms with E-state index in [0.717, 1.165) is 57.8 Å². The van der Waals surface area contributed by atoms with Crippen LogP contribution >= 0.6 is 0 Å². The number of hydrogen-bond acceptors (Lipinski definition) is 5. The third kappa shape index (κ3) is 68.9. The number of rotatable bonds is 71. The number of carbonyl (C=O) groups is 2. The van der Waals surface area contributed by atoms with E-state index in [9.17, 15) is 19.8 Å². The van der Waals surface area contributed by atoms with Gasteiger partial charge in [-0.05, 0) is 89.9 Å². The lowest BCUT2D eigenvalue weighted by Crippen LogP contribution is -2.45. The Morgan fingerprint density at radius 2 is 0.595 bits per heavy atom. The highest BCUT2D eigenvalue weighted by Gasteiger charge is 2.20. The number of carbonyl (C=O) groups excluding carboxylic acids is 2. The summed E-state index contributed by atoms with van der Waals surface area (Å²) >= 11 is 0. The molecule has 2 unspecified atom stereocenters. The van der Waals surface area contributed by atoms with Gasteiger partial charge < -0.3 is 20.3 Å². The van der Waals surface area contributed by atoms with E-state index in [1.807, 2.05) is 0 Å². The molecule has 2 atom stereocenters. The Morgan fingerprint density at radius 1 is 0.333 bits per heavy atom. The van der Waals surface area contributed by atoms with E-state index in [0.29, 0.717) is 25.9 Å². The van der Waals surface area contributed by atoms with Crippen LogP contribution in [0, 0.1) is 0 Å². The molecule has 0 rings (SSSR count). The van der Waals surface area contributed by atoms with Crippen LogP contribution in [0.3, 0.4) is 0 Å². The lowest BCUT2D eigenvalue weighted by Gasteiger charge is -2.22. The van der Waals surface area contributed by atoms with Crippen molar-refractivity contribution < 1.29 is 24.5 Å². The van der Waals surface area contributed by atoms with Gasteiger partial charge in [0, 0.05) is 12.8 Å². The molecule has 0 aromatic rings. The molecule has 0 saturated heterocycles. The van der Waals surface area contributed by atoms with Crippen molar-refractivity contribution in [3.05, 3.63) is 48.6 Å². The number of unbranched alkanes of at least 4 members (excludes halogenated alkanes) is 52. The highest BCUT2D eigenvalue weighted by atomic mass is 16.5. The van der Waals surface area contributed by atoms with E-state index < -0.39 is 12.1 Å². The molecule has 84 heavy (non-hydrogen) atoms. The van der Waals surface area contributed by atoms with Gasteiger partial charge in [0.05, 0.1) is 25.4 Å². The Hall–Kier alpha value is -2.18. The fourth-order valence-corrected chi connectivity index (χ4v) is 11.8. The van der Waals surface area contributed by atoms with E-state index >= 15 is 0 Å². The monoisotopic (exact) mass is 1180 g/mol. The van der Waals surface area contributed by atoms with Gasteiger partial charge in [0.2, 0.25) is 5.91 Å². The topological polar surface area (TPSA) is 95.9 Å². The molecule has 0 radical (unpaired) electrons. The number of aliphatic hydroxyl groups is 2. The highest BCUT2D eigenvalue weighted by molar-refractivity contribution is 5.76. The van der Waals surface area contributed by atoms with Gasteiger partial charge in [0.1, 0.15) is 0 Å². The maximum Gasteiger partial charge on any atom is 0.305 e. The van der Waals surface area contributed by atoms with Crippen molar-refractivity contribution in [1.29, 1.82) is 0 Å². The van der Waals surface area contributed by atoms with E-state index in [1.165, 1.54) is 321 Å². The summed E-state index contributed by atoms with van der Waals surface area (Å²) in [6, 6.07) is -0.549. The minimum Gasteiger partial charge on any atom is -0.466 e. The Labute approximate surface area is 525 Å². The van der Waals surface area contributed by atoms with E-state index in [2.05, 4.69) is 67.8 Å². The molecule has 3 N–H and O–H groups in total. The molecule has 0 bridgehead atoms. The highest BCUT2D eigenvalue weighted by Crippen LogP contribution is 2.19. The minimum absolute atomic E-state index is 0.00181. The van der Waals surface area contributed by atoms with Gasteiger partial charge >= 0.3 is 5.97 Å². The molecule has 0 fully saturated rings. The zero-order valence-electron chi connectivity index (χ0n) is 56.6. The fourth-order valence-electron chi connectivity index (χ4n) is 11.8. The second-order valence-corrected chi connectivity index (χ2v) is 26.0. The van der Waals surface area contributed by atoms with Crippen molar-refractivity contribution in [2.75, 3.05) is 13.2 Å². The third-order valence-corrected chi connectivity index (χ3v) is 17.6. The van der Waals surface area contributed by atoms with Crippen molar-refractivity contribution in [3.8, 4) is 0 Å². The van der Waals surface area contributed by atoms with Crippen molar-refractivity contribution in [2.45, 2.75) is 424 Å². The molecule has 0 saturated carbocycles. The van der Waals surface area contributed by atoms with Gasteiger partial charge in [-0.2, -0.15) is 0 Å². The summed E-state index contributed by atoms with van der Waals surface area (Å²) in [6.07, 6.45) is 96.0. The maximum atomic E-state index is 12.6. The van der Waals surface area contributed by atoms with Crippen LogP contribution in [-0.2, 0) is 14.3 Å². The van der Waals surface area contributed by atoms with E-state index in [4.69, 9.17) is 4.74 Å². The summed E-state index contributed by atoms with van der Waals surface area (Å²) in [6.45, 7) is 4.95. The van der Waals surface area contributed by atoms with Gasteiger partial charge in [-0.15, -0.1) is 0 Å². The largest absolute Gasteiger partial charge is 0.466 e. The first-order valence-corrected chi connectivity index (χ1v) is 37.9. The van der Waals surface area contributed by atoms with Crippen LogP contribution < -0.4 is 5.32 Å². The first-order chi connectivity index (χ1) is 41.5. The fraction of sp³-hybridized carbons (Fsp3) is 0.872. The molecule has 6 nitrogen and oxygen atoms in total. The summed E-state index contributed by atoms with van der Waals surface area (Å²) < 4.78 is 5.49. The summed E-state index contributed by atoms with van der Waals surface area (Å²) in [4.78, 5) is 24.7. The van der Waals surface area contributed by atoms with Crippen LogP contribution in [-0.4, -0.2) is 47.4 Å². The Balaban J connectivity index is 3.43. The van der Waals surface area contributed by atoms with E-state index in [-0.39, 0.29) is 18.5 Å². The number of amides is 1. The normalized spacial score (nSPS) is 12.8. The number of hydrogen-bond donors (Lipinski definition) is 3. The van der Waals surface area contributed by atoms with Crippen LogP contribution in [0.1, 0.15) is 412 Å². The van der Waals surface area contributed by atoms with Crippen LogP contribution in [0.4, 0.5) is 0 Å². The summed E-state index contributed by atoms with van der Waals surface area (Å²) in [7, 11) is 0. The van der Waals surface area contributed by atoms with E-state index in [1.54, 1.807) is 0 Å². The van der Waals surface area contributed by atoms with Crippen LogP contribution in [0.5, 0.6) is 0 Å². The van der Waals surface area contributed by atoms with Crippen molar-refractivity contribution >= 4 is 11.9 Å². The van der Waals surface area contributed by atoms with Gasteiger partial charge in [-0.25, -0.2) is 0 Å². The molecule has 0 aromatic heterocycles. The minimum atomic E-state index is -0.671. The quantitative estimate of drug-likeness (QED) is 0.0320. The van der Waals surface area contributed by atoms with Gasteiger partial charge in [0.15, 0.2) is 0 Å². The van der Waals surface area contributed by atoms with Gasteiger partial charge in [-0.1, -0.05) is 358 Å². The Morgan fingerprint density at radius 3 is 0.929 bits per heavy atom. The summed E-state index contributed by atoms with van der Waals surface area (Å²) in [5.41, 5.74) is 0. The lowest BCUT2D eigenvalue weighted by atomic mass is 10.0. The number of allylic oxidation sites excluding steroid dienone is 8. The molecule has 0 spiro atoms. The number of nitrogens with one attached hydrogen (secondary N) is 1. The second kappa shape index (κ2) is 73.3. The molecule has 0 aliphatic rings. The molecule has 1 amide bonds. The van der Waals surface area contributed by atoms with Crippen molar-refractivity contribution in [2.24, 2.45) is 0 Å². The van der Waals surface area contributed by atoms with Gasteiger partial charge in [-0.3, -0.25) is 9.59 Å². The predicted octanol–water partition coefficient (Wildman–Crippen LogP) is 24.8. The van der Waals surface area contributed by atoms with Crippen LogP contribution in [0.2, 0.25) is 0 Å². The van der Waals surface area contributed by atoms with Crippen molar-refractivity contribution in [3.63, 3.8) is 0 Å². The Kier molecular flexibility index (Phi) is 71.4. The number of esters is 1. The molecule has 494 valence electrons. The molecule has 6 heteroatoms. The Bertz CT molecular complexity index is 1400. The molecular weight excluding hydrogens is 1030 g/mol. The maximum absolute atomic E-state index is 12.6. The smallest absolute Gasteiger partial charge is 0.305 e. The third-order valence-electron chi connectivity index (χ3n) is 17.6. The zero-order chi connectivity index (χ0) is 60.6. The molecule has 0 aromatic carbocycles. The first-order valence-electron chi connectivity index (χ1n) is 37.9. The average Bonchev–Trinajstić information content (AvgIpc) is 3.51. The molecular formula is C78H147NO5. The van der Waals surface area contributed by atoms with Crippen LogP contribution in [0.25, 0.3) is 0 Å². The number of aliphatic hydroxyl groups excluding tert-OH is 2. The van der Waals surface area contributed by atoms with Crippen molar-refractivity contribution in [1.82, 2.24) is 5.32 Å². The SMILES string of the molecule is CCCCC/C=C\C/C=C\CCCCCCCCCC(=O)OCCCCCCCCCCC/C=C\C/C=C\CCCCCCCCCCCC(=O)NC(CO)C(O)CCCCCCCCCCCCCCCCCCCCCCCCCCC. The van der Waals surface area contributed by atoms with Crippen LogP contribution in [0.15, 0.2) is 48.6 Å². The summed E-state index contributed by atoms with van der Waals surface area (Å²) in [5, 5.41) is 23.5. The van der Waals surface area contributed by atoms with Gasteiger partial charge in [0.25, 0.3) is 0 Å². The second-order valence-electron chi connectivity index (χ2n) is 26.0.